The van der Waals surface area contributed by atoms with E-state index in [1.165, 1.54) is 11.8 Å². The maximum absolute atomic E-state index is 13.9. The van der Waals surface area contributed by atoms with Crippen LogP contribution in [0.3, 0.4) is 0 Å². The Bertz CT molecular complexity index is 855. The molecule has 1 fully saturated rings. The van der Waals surface area contributed by atoms with Gasteiger partial charge in [-0.15, -0.1) is 5.10 Å². The number of sulfonamides is 1. The van der Waals surface area contributed by atoms with Gasteiger partial charge in [0.25, 0.3) is 0 Å². The molecule has 10 heteroatoms. The summed E-state index contributed by atoms with van der Waals surface area (Å²) in [4.78, 5) is -0.683. The molecule has 0 amide bonds. The number of nitrogens with zero attached hydrogens (tertiary/aromatic N) is 4. The van der Waals surface area contributed by atoms with Gasteiger partial charge in [0.2, 0.25) is 10.0 Å². The zero-order chi connectivity index (χ0) is 17.5. The highest BCUT2D eigenvalue weighted by molar-refractivity contribution is 7.89. The Morgan fingerprint density at radius 3 is 2.67 bits per heavy atom. The van der Waals surface area contributed by atoms with E-state index in [1.54, 1.807) is 13.2 Å². The van der Waals surface area contributed by atoms with Crippen LogP contribution in [0.1, 0.15) is 11.6 Å². The maximum atomic E-state index is 13.9. The van der Waals surface area contributed by atoms with Gasteiger partial charge in [0.1, 0.15) is 4.90 Å². The summed E-state index contributed by atoms with van der Waals surface area (Å²) >= 11 is 0. The van der Waals surface area contributed by atoms with Gasteiger partial charge in [0.15, 0.2) is 11.6 Å². The highest BCUT2D eigenvalue weighted by Crippen LogP contribution is 2.32. The number of aryl methyl sites for hydroxylation is 1. The van der Waals surface area contributed by atoms with Crippen molar-refractivity contribution in [1.82, 2.24) is 19.3 Å². The SMILES string of the molecule is CO[C@@H]1CN(S(=O)(=O)c2cccc(F)c2F)C[C@H]1c1cn(C)nn1. The first-order valence-corrected chi connectivity index (χ1v) is 8.61. The van der Waals surface area contributed by atoms with E-state index < -0.39 is 32.7 Å². The molecule has 0 N–H and O–H groups in total. The van der Waals surface area contributed by atoms with E-state index in [0.29, 0.717) is 5.69 Å². The summed E-state index contributed by atoms with van der Waals surface area (Å²) in [7, 11) is -1.02. The Balaban J connectivity index is 1.94. The van der Waals surface area contributed by atoms with Gasteiger partial charge in [-0.05, 0) is 12.1 Å². The molecule has 2 atom stereocenters. The monoisotopic (exact) mass is 358 g/mol. The standard InChI is InChI=1S/C14H16F2N4O3S/c1-19-7-11(17-18-19)9-6-20(8-12(9)23-2)24(21,22)13-5-3-4-10(15)14(13)16/h3-5,7,9,12H,6,8H2,1-2H3/t9-,12+/m0/s1. The number of methoxy groups -OCH3 is 1. The highest BCUT2D eigenvalue weighted by atomic mass is 32.2. The van der Waals surface area contributed by atoms with Gasteiger partial charge in [-0.1, -0.05) is 11.3 Å². The normalized spacial score (nSPS) is 22.2. The molecular formula is C14H16F2N4O3S. The minimum absolute atomic E-state index is 0.0238. The molecule has 2 heterocycles. The lowest BCUT2D eigenvalue weighted by Gasteiger charge is -2.16. The topological polar surface area (TPSA) is 77.3 Å². The lowest BCUT2D eigenvalue weighted by molar-refractivity contribution is 0.101. The fourth-order valence-corrected chi connectivity index (χ4v) is 4.37. The molecule has 0 spiro atoms. The van der Waals surface area contributed by atoms with Crippen molar-refractivity contribution in [3.63, 3.8) is 0 Å². The minimum atomic E-state index is -4.19. The van der Waals surface area contributed by atoms with E-state index in [-0.39, 0.29) is 19.0 Å². The van der Waals surface area contributed by atoms with Gasteiger partial charge in [-0.2, -0.15) is 4.31 Å². The fourth-order valence-electron chi connectivity index (χ4n) is 2.82. The highest BCUT2D eigenvalue weighted by Gasteiger charge is 2.42. The molecule has 0 bridgehead atoms. The lowest BCUT2D eigenvalue weighted by Crippen LogP contribution is -2.30. The summed E-state index contributed by atoms with van der Waals surface area (Å²) in [5.74, 6) is -2.92. The molecule has 0 saturated carbocycles. The van der Waals surface area contributed by atoms with Gasteiger partial charge in [0.05, 0.1) is 11.8 Å². The van der Waals surface area contributed by atoms with Crippen molar-refractivity contribution in [2.45, 2.75) is 16.9 Å². The van der Waals surface area contributed by atoms with Gasteiger partial charge in [-0.25, -0.2) is 17.2 Å². The lowest BCUT2D eigenvalue weighted by atomic mass is 10.0. The van der Waals surface area contributed by atoms with Crippen LogP contribution in [0.25, 0.3) is 0 Å². The first kappa shape index (κ1) is 16.9. The molecule has 1 saturated heterocycles. The van der Waals surface area contributed by atoms with Crippen molar-refractivity contribution in [1.29, 1.82) is 0 Å². The van der Waals surface area contributed by atoms with Crippen LogP contribution in [0.2, 0.25) is 0 Å². The maximum Gasteiger partial charge on any atom is 0.246 e. The Kier molecular flexibility index (Phi) is 4.37. The van der Waals surface area contributed by atoms with Crippen LogP contribution in [-0.2, 0) is 21.8 Å². The molecule has 0 aliphatic carbocycles. The summed E-state index contributed by atoms with van der Waals surface area (Å²) < 4.78 is 60.6. The van der Waals surface area contributed by atoms with E-state index in [4.69, 9.17) is 4.74 Å². The van der Waals surface area contributed by atoms with Crippen molar-refractivity contribution < 1.29 is 21.9 Å². The zero-order valence-electron chi connectivity index (χ0n) is 13.1. The van der Waals surface area contributed by atoms with Crippen molar-refractivity contribution in [3.8, 4) is 0 Å². The number of benzene rings is 1. The Morgan fingerprint density at radius 1 is 1.29 bits per heavy atom. The van der Waals surface area contributed by atoms with E-state index >= 15 is 0 Å². The van der Waals surface area contributed by atoms with Crippen molar-refractivity contribution in [2.24, 2.45) is 7.05 Å². The quantitative estimate of drug-likeness (QED) is 0.811. The van der Waals surface area contributed by atoms with Gasteiger partial charge in [-0.3, -0.25) is 4.68 Å². The van der Waals surface area contributed by atoms with Gasteiger partial charge < -0.3 is 4.74 Å². The number of aromatic nitrogens is 3. The van der Waals surface area contributed by atoms with E-state index in [0.717, 1.165) is 22.5 Å². The summed E-state index contributed by atoms with van der Waals surface area (Å²) in [6.45, 7) is 0.0749. The number of rotatable bonds is 4. The average Bonchev–Trinajstić information content (AvgIpc) is 3.15. The van der Waals surface area contributed by atoms with Crippen molar-refractivity contribution in [3.05, 3.63) is 41.7 Å². The van der Waals surface area contributed by atoms with Crippen LogP contribution in [0.4, 0.5) is 8.78 Å². The molecule has 0 radical (unpaired) electrons. The molecule has 24 heavy (non-hydrogen) atoms. The minimum Gasteiger partial charge on any atom is -0.379 e. The number of halogens is 2. The molecule has 1 aromatic heterocycles. The third-order valence-electron chi connectivity index (χ3n) is 4.07. The summed E-state index contributed by atoms with van der Waals surface area (Å²) in [6.07, 6.45) is 1.23. The number of hydrogen-bond acceptors (Lipinski definition) is 5. The molecule has 3 rings (SSSR count). The van der Waals surface area contributed by atoms with E-state index in [2.05, 4.69) is 10.3 Å². The Labute approximate surface area is 137 Å². The number of hydrogen-bond donors (Lipinski definition) is 0. The number of ether oxygens (including phenoxy) is 1. The van der Waals surface area contributed by atoms with Crippen LogP contribution in [0.5, 0.6) is 0 Å². The van der Waals surface area contributed by atoms with Crippen LogP contribution < -0.4 is 0 Å². The summed E-state index contributed by atoms with van der Waals surface area (Å²) in [5.41, 5.74) is 0.585. The smallest absolute Gasteiger partial charge is 0.246 e. The molecular weight excluding hydrogens is 342 g/mol. The molecule has 1 aliphatic heterocycles. The molecule has 1 aliphatic rings. The molecule has 2 aromatic rings. The van der Waals surface area contributed by atoms with E-state index in [1.807, 2.05) is 0 Å². The third kappa shape index (κ3) is 2.80. The molecule has 130 valence electrons. The summed E-state index contributed by atoms with van der Waals surface area (Å²) in [5, 5.41) is 7.83. The second-order valence-electron chi connectivity index (χ2n) is 5.57. The Morgan fingerprint density at radius 2 is 2.04 bits per heavy atom. The van der Waals surface area contributed by atoms with Crippen LogP contribution in [0, 0.1) is 11.6 Å². The van der Waals surface area contributed by atoms with Gasteiger partial charge >= 0.3 is 0 Å². The largest absolute Gasteiger partial charge is 0.379 e. The third-order valence-corrected chi connectivity index (χ3v) is 5.92. The molecule has 0 unspecified atom stereocenters. The predicted molar refractivity (Wildman–Crippen MR) is 79.7 cm³/mol. The van der Waals surface area contributed by atoms with E-state index in [9.17, 15) is 17.2 Å². The predicted octanol–water partition coefficient (Wildman–Crippen LogP) is 0.896. The first-order chi connectivity index (χ1) is 11.3. The Hall–Kier alpha value is -1.91. The fraction of sp³-hybridized carbons (Fsp3) is 0.429. The molecule has 1 aromatic carbocycles. The van der Waals surface area contributed by atoms with Crippen LogP contribution in [0.15, 0.2) is 29.3 Å². The second-order valence-corrected chi connectivity index (χ2v) is 7.48. The van der Waals surface area contributed by atoms with Gasteiger partial charge in [0, 0.05) is 39.4 Å². The summed E-state index contributed by atoms with van der Waals surface area (Å²) in [6, 6.07) is 3.08. The molecule has 7 nitrogen and oxygen atoms in total. The van der Waals surface area contributed by atoms with Crippen molar-refractivity contribution in [2.75, 3.05) is 20.2 Å². The zero-order valence-corrected chi connectivity index (χ0v) is 13.9. The first-order valence-electron chi connectivity index (χ1n) is 7.17. The van der Waals surface area contributed by atoms with Crippen molar-refractivity contribution >= 4 is 10.0 Å². The second kappa shape index (κ2) is 6.19. The van der Waals surface area contributed by atoms with Crippen LogP contribution in [-0.4, -0.2) is 54.0 Å². The average molecular weight is 358 g/mol. The van der Waals surface area contributed by atoms with Crippen LogP contribution >= 0.6 is 0 Å².